The Labute approximate surface area is 192 Å². The van der Waals surface area contributed by atoms with Crippen LogP contribution < -0.4 is 15.4 Å². The molecule has 0 saturated heterocycles. The van der Waals surface area contributed by atoms with Crippen molar-refractivity contribution in [2.75, 3.05) is 18.9 Å². The Bertz CT molecular complexity index is 1180. The number of anilines is 1. The molecule has 1 amide bonds. The summed E-state index contributed by atoms with van der Waals surface area (Å²) in [4.78, 5) is 28.7. The van der Waals surface area contributed by atoms with E-state index in [2.05, 4.69) is 38.5 Å². The lowest BCUT2D eigenvalue weighted by atomic mass is 10.0. The van der Waals surface area contributed by atoms with E-state index in [0.717, 1.165) is 40.1 Å². The zero-order valence-corrected chi connectivity index (χ0v) is 19.2. The van der Waals surface area contributed by atoms with Crippen molar-refractivity contribution >= 4 is 44.1 Å². The number of ether oxygens (including phenoxy) is 1. The van der Waals surface area contributed by atoms with Crippen molar-refractivity contribution in [1.82, 2.24) is 10.2 Å². The number of hydrogen-bond donors (Lipinski definition) is 2. The summed E-state index contributed by atoms with van der Waals surface area (Å²) in [7, 11) is 2.10. The molecule has 0 unspecified atom stereocenters. The fourth-order valence-electron chi connectivity index (χ4n) is 3.92. The van der Waals surface area contributed by atoms with Crippen LogP contribution in [0.2, 0.25) is 0 Å². The van der Waals surface area contributed by atoms with Gasteiger partial charge in [0.1, 0.15) is 16.9 Å². The molecule has 3 aromatic rings. The Hall–Kier alpha value is -2.68. The van der Waals surface area contributed by atoms with Gasteiger partial charge in [-0.1, -0.05) is 34.1 Å². The van der Waals surface area contributed by atoms with E-state index in [1.165, 1.54) is 10.4 Å². The fraction of sp³-hybridized carbons (Fsp3) is 0.217. The third-order valence-corrected chi connectivity index (χ3v) is 7.15. The molecule has 31 heavy (non-hydrogen) atoms. The van der Waals surface area contributed by atoms with Gasteiger partial charge in [-0.3, -0.25) is 4.79 Å². The molecule has 8 heteroatoms. The Morgan fingerprint density at radius 3 is 2.77 bits per heavy atom. The van der Waals surface area contributed by atoms with Crippen LogP contribution >= 0.6 is 27.3 Å². The van der Waals surface area contributed by atoms with Gasteiger partial charge in [-0.05, 0) is 54.9 Å². The minimum Gasteiger partial charge on any atom is -0.423 e. The molecule has 0 aliphatic carbocycles. The largest absolute Gasteiger partial charge is 0.423 e. The highest BCUT2D eigenvalue weighted by Gasteiger charge is 2.32. The van der Waals surface area contributed by atoms with Gasteiger partial charge in [0.05, 0.1) is 11.1 Å². The van der Waals surface area contributed by atoms with E-state index in [4.69, 9.17) is 4.74 Å². The Balaban J connectivity index is 1.32. The second-order valence-electron chi connectivity index (χ2n) is 7.72. The number of nitrogens with one attached hydrogen (secondary N) is 2. The van der Waals surface area contributed by atoms with Crippen LogP contribution in [0.4, 0.5) is 5.00 Å². The lowest BCUT2D eigenvalue weighted by Gasteiger charge is -2.27. The summed E-state index contributed by atoms with van der Waals surface area (Å²) in [5.74, 6) is -0.00550. The number of nitrogens with zero attached hydrogens (tertiary/aromatic N) is 1. The number of rotatable bonds is 3. The molecule has 0 spiro atoms. The molecule has 2 aromatic carbocycles. The van der Waals surface area contributed by atoms with Crippen molar-refractivity contribution in [3.63, 3.8) is 0 Å². The van der Waals surface area contributed by atoms with Gasteiger partial charge in [-0.15, -0.1) is 11.3 Å². The molecule has 2 N–H and O–H groups in total. The fourth-order valence-corrected chi connectivity index (χ4v) is 5.67. The number of fused-ring (bicyclic) bond motifs is 3. The third-order valence-electron chi connectivity index (χ3n) is 5.51. The lowest BCUT2D eigenvalue weighted by molar-refractivity contribution is 0.0734. The van der Waals surface area contributed by atoms with Crippen molar-refractivity contribution in [2.24, 2.45) is 0 Å². The third kappa shape index (κ3) is 3.98. The monoisotopic (exact) mass is 497 g/mol. The van der Waals surface area contributed by atoms with E-state index < -0.39 is 5.97 Å². The average Bonchev–Trinajstić information content (AvgIpc) is 3.12. The molecule has 2 aliphatic rings. The molecule has 0 saturated carbocycles. The zero-order valence-electron chi connectivity index (χ0n) is 16.8. The first-order valence-electron chi connectivity index (χ1n) is 9.96. The van der Waals surface area contributed by atoms with Crippen LogP contribution in [-0.2, 0) is 13.0 Å². The zero-order chi connectivity index (χ0) is 21.5. The molecule has 1 atom stereocenters. The second kappa shape index (κ2) is 8.11. The van der Waals surface area contributed by atoms with Crippen LogP contribution in [0.25, 0.3) is 0 Å². The number of likely N-dealkylation sites (N-methyl/N-ethyl adjacent to an activating group) is 1. The molecular formula is C23H20BrN3O3S. The molecule has 6 nitrogen and oxygen atoms in total. The van der Waals surface area contributed by atoms with Gasteiger partial charge >= 0.3 is 5.97 Å². The van der Waals surface area contributed by atoms with E-state index in [9.17, 15) is 9.59 Å². The Morgan fingerprint density at radius 1 is 1.19 bits per heavy atom. The van der Waals surface area contributed by atoms with Crippen molar-refractivity contribution < 1.29 is 14.3 Å². The summed E-state index contributed by atoms with van der Waals surface area (Å²) in [6.45, 7) is 1.84. The Morgan fingerprint density at radius 2 is 2.00 bits per heavy atom. The summed E-state index contributed by atoms with van der Waals surface area (Å²) in [6.07, 6.45) is 0.572. The van der Waals surface area contributed by atoms with Gasteiger partial charge in [-0.2, -0.15) is 0 Å². The number of halogens is 1. The summed E-state index contributed by atoms with van der Waals surface area (Å²) in [5, 5.41) is 7.45. The summed E-state index contributed by atoms with van der Waals surface area (Å²) in [6, 6.07) is 14.3. The van der Waals surface area contributed by atoms with E-state index in [0.29, 0.717) is 11.3 Å². The molecule has 0 bridgehead atoms. The van der Waals surface area contributed by atoms with Crippen molar-refractivity contribution in [1.29, 1.82) is 0 Å². The van der Waals surface area contributed by atoms with Crippen LogP contribution in [0.5, 0.6) is 5.75 Å². The van der Waals surface area contributed by atoms with Crippen molar-refractivity contribution in [3.05, 3.63) is 80.1 Å². The highest BCUT2D eigenvalue weighted by Crippen LogP contribution is 2.40. The van der Waals surface area contributed by atoms with Gasteiger partial charge < -0.3 is 20.3 Å². The standard InChI is InChI=1S/C23H20BrN3O3S/c1-27-10-9-17-18(12-27)31-22-19(17)21(28)25-20(26-22)13-5-7-16(8-6-13)30-23(29)14-3-2-4-15(24)11-14/h2-8,11,20,26H,9-10,12H2,1H3,(H,25,28)/t20-/m1/s1. The Kier molecular flexibility index (Phi) is 5.29. The molecule has 5 rings (SSSR count). The molecule has 158 valence electrons. The number of esters is 1. The number of amides is 1. The minimum atomic E-state index is -0.420. The summed E-state index contributed by atoms with van der Waals surface area (Å²) < 4.78 is 6.29. The number of thiophene rings is 1. The smallest absolute Gasteiger partial charge is 0.343 e. The maximum atomic E-state index is 12.8. The van der Waals surface area contributed by atoms with E-state index in [1.54, 1.807) is 41.7 Å². The van der Waals surface area contributed by atoms with Crippen molar-refractivity contribution in [3.8, 4) is 5.75 Å². The average molecular weight is 498 g/mol. The first kappa shape index (κ1) is 20.2. The van der Waals surface area contributed by atoms with Crippen LogP contribution in [0.1, 0.15) is 42.9 Å². The van der Waals surface area contributed by atoms with Crippen LogP contribution in [-0.4, -0.2) is 30.4 Å². The minimum absolute atomic E-state index is 0.0361. The van der Waals surface area contributed by atoms with Crippen LogP contribution in [0.3, 0.4) is 0 Å². The maximum absolute atomic E-state index is 12.8. The molecular weight excluding hydrogens is 478 g/mol. The van der Waals surface area contributed by atoms with Crippen molar-refractivity contribution in [2.45, 2.75) is 19.1 Å². The highest BCUT2D eigenvalue weighted by molar-refractivity contribution is 9.10. The molecule has 0 fully saturated rings. The lowest BCUT2D eigenvalue weighted by Crippen LogP contribution is -2.38. The second-order valence-corrected chi connectivity index (χ2v) is 9.74. The van der Waals surface area contributed by atoms with Gasteiger partial charge in [0, 0.05) is 22.4 Å². The van der Waals surface area contributed by atoms with Crippen LogP contribution in [0, 0.1) is 0 Å². The van der Waals surface area contributed by atoms with Gasteiger partial charge in [0.2, 0.25) is 0 Å². The topological polar surface area (TPSA) is 70.7 Å². The molecule has 3 heterocycles. The molecule has 0 radical (unpaired) electrons. The van der Waals surface area contributed by atoms with Gasteiger partial charge in [0.15, 0.2) is 0 Å². The molecule has 2 aliphatic heterocycles. The number of carbonyl (C=O) groups is 2. The van der Waals surface area contributed by atoms with E-state index in [-0.39, 0.29) is 12.1 Å². The maximum Gasteiger partial charge on any atom is 0.343 e. The highest BCUT2D eigenvalue weighted by atomic mass is 79.9. The number of benzene rings is 2. The van der Waals surface area contributed by atoms with E-state index in [1.807, 2.05) is 18.2 Å². The first-order valence-corrected chi connectivity index (χ1v) is 11.6. The van der Waals surface area contributed by atoms with Gasteiger partial charge in [-0.25, -0.2) is 4.79 Å². The summed E-state index contributed by atoms with van der Waals surface area (Å²) >= 11 is 5.02. The van der Waals surface area contributed by atoms with E-state index >= 15 is 0 Å². The molecule has 1 aromatic heterocycles. The summed E-state index contributed by atoms with van der Waals surface area (Å²) in [5.41, 5.74) is 3.34. The normalized spacial score (nSPS) is 17.9. The quantitative estimate of drug-likeness (QED) is 0.409. The first-order chi connectivity index (χ1) is 15.0. The van der Waals surface area contributed by atoms with Gasteiger partial charge in [0.25, 0.3) is 5.91 Å². The predicted molar refractivity (Wildman–Crippen MR) is 124 cm³/mol. The SMILES string of the molecule is CN1CCc2c(sc3c2C(=O)N[C@@H](c2ccc(OC(=O)c4cccc(Br)c4)cc2)N3)C1. The predicted octanol–water partition coefficient (Wildman–Crippen LogP) is 4.57. The van der Waals surface area contributed by atoms with Crippen LogP contribution in [0.15, 0.2) is 53.0 Å². The number of carbonyl (C=O) groups excluding carboxylic acids is 2. The number of hydrogen-bond acceptors (Lipinski definition) is 6.